The SMILES string of the molecule is CS(=O)(=O)c1cc(F)ccc1NCC(=O)Nc1ccc(S(=O)(=O)N2CCCCC2)cc1. The molecule has 0 saturated carbocycles. The van der Waals surface area contributed by atoms with E-state index in [0.717, 1.165) is 37.7 Å². The highest BCUT2D eigenvalue weighted by Crippen LogP contribution is 2.23. The second kappa shape index (κ2) is 9.33. The van der Waals surface area contributed by atoms with Crippen molar-refractivity contribution in [1.29, 1.82) is 0 Å². The molecule has 1 fully saturated rings. The van der Waals surface area contributed by atoms with E-state index in [1.807, 2.05) is 0 Å². The molecule has 8 nitrogen and oxygen atoms in total. The van der Waals surface area contributed by atoms with E-state index in [1.165, 1.54) is 34.6 Å². The first-order chi connectivity index (χ1) is 14.6. The van der Waals surface area contributed by atoms with Crippen molar-refractivity contribution in [3.05, 3.63) is 48.3 Å². The third-order valence-electron chi connectivity index (χ3n) is 4.87. The Hall–Kier alpha value is -2.50. The van der Waals surface area contributed by atoms with E-state index in [9.17, 15) is 26.0 Å². The molecule has 1 heterocycles. The molecule has 168 valence electrons. The van der Waals surface area contributed by atoms with E-state index in [4.69, 9.17) is 0 Å². The fraction of sp³-hybridized carbons (Fsp3) is 0.350. The number of piperidine rings is 1. The second-order valence-corrected chi connectivity index (χ2v) is 11.2. The molecule has 1 aliphatic heterocycles. The molecule has 0 aromatic heterocycles. The summed E-state index contributed by atoms with van der Waals surface area (Å²) in [6, 6.07) is 9.10. The van der Waals surface area contributed by atoms with E-state index < -0.39 is 31.6 Å². The highest BCUT2D eigenvalue weighted by molar-refractivity contribution is 7.91. The summed E-state index contributed by atoms with van der Waals surface area (Å²) < 4.78 is 63.8. The van der Waals surface area contributed by atoms with Crippen molar-refractivity contribution >= 4 is 37.1 Å². The molecule has 0 atom stereocenters. The first kappa shape index (κ1) is 23.2. The molecule has 1 saturated heterocycles. The maximum Gasteiger partial charge on any atom is 0.243 e. The molecular formula is C20H24FN3O5S2. The number of hydrogen-bond donors (Lipinski definition) is 2. The largest absolute Gasteiger partial charge is 0.375 e. The monoisotopic (exact) mass is 469 g/mol. The Balaban J connectivity index is 1.63. The highest BCUT2D eigenvalue weighted by atomic mass is 32.2. The summed E-state index contributed by atoms with van der Waals surface area (Å²) in [4.78, 5) is 12.1. The van der Waals surface area contributed by atoms with Crippen molar-refractivity contribution < 1.29 is 26.0 Å². The topological polar surface area (TPSA) is 113 Å². The van der Waals surface area contributed by atoms with Gasteiger partial charge in [0.1, 0.15) is 5.82 Å². The summed E-state index contributed by atoms with van der Waals surface area (Å²) in [6.45, 7) is 0.749. The van der Waals surface area contributed by atoms with Gasteiger partial charge in [-0.2, -0.15) is 4.31 Å². The molecule has 31 heavy (non-hydrogen) atoms. The van der Waals surface area contributed by atoms with Gasteiger partial charge in [0.2, 0.25) is 15.9 Å². The van der Waals surface area contributed by atoms with Crippen LogP contribution in [0, 0.1) is 5.82 Å². The molecule has 1 aliphatic rings. The summed E-state index contributed by atoms with van der Waals surface area (Å²) in [6.07, 6.45) is 3.66. The number of sulfonamides is 1. The van der Waals surface area contributed by atoms with Crippen molar-refractivity contribution in [1.82, 2.24) is 4.31 Å². The van der Waals surface area contributed by atoms with Crippen LogP contribution in [0.5, 0.6) is 0 Å². The maximum atomic E-state index is 13.4. The first-order valence-corrected chi connectivity index (χ1v) is 13.0. The molecule has 0 aliphatic carbocycles. The Morgan fingerprint density at radius 1 is 1.00 bits per heavy atom. The van der Waals surface area contributed by atoms with Crippen LogP contribution in [0.4, 0.5) is 15.8 Å². The van der Waals surface area contributed by atoms with Crippen molar-refractivity contribution in [2.24, 2.45) is 0 Å². The van der Waals surface area contributed by atoms with Gasteiger partial charge in [-0.25, -0.2) is 21.2 Å². The van der Waals surface area contributed by atoms with Gasteiger partial charge in [-0.3, -0.25) is 4.79 Å². The standard InChI is InChI=1S/C20H24FN3O5S2/c1-30(26,27)19-13-15(21)5-10-18(19)22-14-20(25)23-16-6-8-17(9-7-16)31(28,29)24-11-3-2-4-12-24/h5-10,13,22H,2-4,11-12,14H2,1H3,(H,23,25). The number of halogens is 1. The van der Waals surface area contributed by atoms with Gasteiger partial charge in [-0.1, -0.05) is 6.42 Å². The second-order valence-electron chi connectivity index (χ2n) is 7.30. The number of nitrogens with zero attached hydrogens (tertiary/aromatic N) is 1. The lowest BCUT2D eigenvalue weighted by molar-refractivity contribution is -0.114. The quantitative estimate of drug-likeness (QED) is 0.644. The van der Waals surface area contributed by atoms with Gasteiger partial charge in [-0.05, 0) is 55.3 Å². The Labute approximate surface area is 181 Å². The normalized spacial score (nSPS) is 15.4. The van der Waals surface area contributed by atoms with Crippen LogP contribution >= 0.6 is 0 Å². The van der Waals surface area contributed by atoms with E-state index >= 15 is 0 Å². The summed E-state index contributed by atoms with van der Waals surface area (Å²) in [5, 5.41) is 5.29. The smallest absolute Gasteiger partial charge is 0.243 e. The minimum Gasteiger partial charge on any atom is -0.375 e. The summed E-state index contributed by atoms with van der Waals surface area (Å²) >= 11 is 0. The lowest BCUT2D eigenvalue weighted by Gasteiger charge is -2.25. The number of anilines is 2. The summed E-state index contributed by atoms with van der Waals surface area (Å²) in [7, 11) is -7.24. The molecular weight excluding hydrogens is 445 g/mol. The zero-order chi connectivity index (χ0) is 22.6. The molecule has 3 rings (SSSR count). The van der Waals surface area contributed by atoms with Crippen molar-refractivity contribution in [2.75, 3.05) is 36.5 Å². The van der Waals surface area contributed by atoms with E-state index in [2.05, 4.69) is 10.6 Å². The van der Waals surface area contributed by atoms with Gasteiger partial charge < -0.3 is 10.6 Å². The van der Waals surface area contributed by atoms with Crippen LogP contribution < -0.4 is 10.6 Å². The van der Waals surface area contributed by atoms with E-state index in [0.29, 0.717) is 18.8 Å². The van der Waals surface area contributed by atoms with E-state index in [-0.39, 0.29) is 22.0 Å². The van der Waals surface area contributed by atoms with Crippen LogP contribution in [0.25, 0.3) is 0 Å². The van der Waals surface area contributed by atoms with Gasteiger partial charge in [0.25, 0.3) is 0 Å². The molecule has 2 aromatic carbocycles. The molecule has 0 spiro atoms. The van der Waals surface area contributed by atoms with Gasteiger partial charge >= 0.3 is 0 Å². The maximum absolute atomic E-state index is 13.4. The number of nitrogens with one attached hydrogen (secondary N) is 2. The number of benzene rings is 2. The molecule has 0 unspecified atom stereocenters. The van der Waals surface area contributed by atoms with E-state index in [1.54, 1.807) is 0 Å². The number of hydrogen-bond acceptors (Lipinski definition) is 6. The summed E-state index contributed by atoms with van der Waals surface area (Å²) in [5.74, 6) is -1.18. The Kier molecular flexibility index (Phi) is 6.97. The Bertz CT molecular complexity index is 1160. The Morgan fingerprint density at radius 3 is 2.26 bits per heavy atom. The zero-order valence-electron chi connectivity index (χ0n) is 17.0. The minimum absolute atomic E-state index is 0.113. The van der Waals surface area contributed by atoms with Gasteiger partial charge in [0.15, 0.2) is 9.84 Å². The zero-order valence-corrected chi connectivity index (χ0v) is 18.6. The van der Waals surface area contributed by atoms with Gasteiger partial charge in [0.05, 0.1) is 22.0 Å². The predicted octanol–water partition coefficient (Wildman–Crippen LogP) is 2.45. The number of carbonyl (C=O) groups is 1. The van der Waals surface area contributed by atoms with Crippen LogP contribution in [-0.4, -0.2) is 52.9 Å². The van der Waals surface area contributed by atoms with Crippen molar-refractivity contribution in [3.63, 3.8) is 0 Å². The fourth-order valence-electron chi connectivity index (χ4n) is 3.29. The van der Waals surface area contributed by atoms with Gasteiger partial charge in [0, 0.05) is 25.0 Å². The van der Waals surface area contributed by atoms with Gasteiger partial charge in [-0.15, -0.1) is 0 Å². The van der Waals surface area contributed by atoms with Crippen LogP contribution in [0.2, 0.25) is 0 Å². The van der Waals surface area contributed by atoms with Crippen molar-refractivity contribution in [3.8, 4) is 0 Å². The minimum atomic E-state index is -3.69. The van der Waals surface area contributed by atoms with Crippen LogP contribution in [0.1, 0.15) is 19.3 Å². The fourth-order valence-corrected chi connectivity index (χ4v) is 5.68. The molecule has 2 aromatic rings. The molecule has 0 bridgehead atoms. The average Bonchev–Trinajstić information content (AvgIpc) is 2.73. The molecule has 0 radical (unpaired) electrons. The number of sulfone groups is 1. The van der Waals surface area contributed by atoms with Crippen molar-refractivity contribution in [2.45, 2.75) is 29.1 Å². The number of carbonyl (C=O) groups excluding carboxylic acids is 1. The lowest BCUT2D eigenvalue weighted by atomic mass is 10.2. The molecule has 2 N–H and O–H groups in total. The summed E-state index contributed by atoms with van der Waals surface area (Å²) in [5.41, 5.74) is 0.508. The average molecular weight is 470 g/mol. The predicted molar refractivity (Wildman–Crippen MR) is 116 cm³/mol. The third-order valence-corrected chi connectivity index (χ3v) is 7.92. The first-order valence-electron chi connectivity index (χ1n) is 9.71. The molecule has 1 amide bonds. The van der Waals surface area contributed by atoms with Crippen LogP contribution in [-0.2, 0) is 24.7 Å². The van der Waals surface area contributed by atoms with Crippen LogP contribution in [0.15, 0.2) is 52.3 Å². The van der Waals surface area contributed by atoms with Crippen LogP contribution in [0.3, 0.4) is 0 Å². The number of amides is 1. The molecule has 11 heteroatoms. The lowest BCUT2D eigenvalue weighted by Crippen LogP contribution is -2.35. The highest BCUT2D eigenvalue weighted by Gasteiger charge is 2.25. The Morgan fingerprint density at radius 2 is 1.65 bits per heavy atom. The third kappa shape index (κ3) is 5.81. The number of rotatable bonds is 7.